The van der Waals surface area contributed by atoms with E-state index < -0.39 is 13.6 Å². The molecule has 5 heavy (non-hydrogen) atoms. The first-order chi connectivity index (χ1) is 2.41. The molecule has 0 aliphatic rings. The third kappa shape index (κ3) is 3.88. The number of rotatable bonds is 2. The van der Waals surface area contributed by atoms with Gasteiger partial charge in [0.05, 0.1) is 0 Å². The van der Waals surface area contributed by atoms with Crippen LogP contribution in [0.1, 0.15) is 1.43 Å². The third-order valence-electron chi connectivity index (χ3n) is 0.183. The van der Waals surface area contributed by atoms with Gasteiger partial charge in [0.1, 0.15) is 13.6 Å². The van der Waals surface area contributed by atoms with Crippen molar-refractivity contribution in [1.82, 2.24) is 0 Å². The van der Waals surface area contributed by atoms with Crippen LogP contribution in [0.25, 0.3) is 0 Å². The number of ether oxygens (including phenoxy) is 1. The molecule has 0 spiro atoms. The fourth-order valence-corrected chi connectivity index (χ4v) is 0.0408. The molecule has 0 rings (SSSR count). The van der Waals surface area contributed by atoms with Crippen molar-refractivity contribution in [3.05, 3.63) is 0 Å². The number of hydrogen-bond donors (Lipinski definition) is 2. The van der Waals surface area contributed by atoms with Crippen LogP contribution in [-0.2, 0) is 4.74 Å². The van der Waals surface area contributed by atoms with Crippen molar-refractivity contribution in [1.29, 1.82) is 0 Å². The van der Waals surface area contributed by atoms with Crippen LogP contribution in [0.4, 0.5) is 0 Å². The minimum Gasteiger partial charge on any atom is -0.371 e. The quantitative estimate of drug-likeness (QED) is 0.418. The van der Waals surface area contributed by atoms with Crippen LogP contribution in [0.5, 0.6) is 0 Å². The van der Waals surface area contributed by atoms with Gasteiger partial charge in [0.2, 0.25) is 0 Å². The SMILES string of the molecule is OCOCO.[H+]. The molecule has 0 aromatic heterocycles. The van der Waals surface area contributed by atoms with E-state index in [-0.39, 0.29) is 1.43 Å². The number of aliphatic hydroxyl groups excluding tert-OH is 2. The van der Waals surface area contributed by atoms with Crippen LogP contribution < -0.4 is 0 Å². The van der Waals surface area contributed by atoms with Gasteiger partial charge in [-0.05, 0) is 0 Å². The van der Waals surface area contributed by atoms with E-state index in [0.29, 0.717) is 0 Å². The van der Waals surface area contributed by atoms with Gasteiger partial charge in [0.15, 0.2) is 0 Å². The molecule has 0 radical (unpaired) electrons. The minimum absolute atomic E-state index is 0. The second kappa shape index (κ2) is 3.88. The van der Waals surface area contributed by atoms with Crippen molar-refractivity contribution in [2.75, 3.05) is 13.6 Å². The molecule has 3 nitrogen and oxygen atoms in total. The van der Waals surface area contributed by atoms with Gasteiger partial charge in [0, 0.05) is 0 Å². The fourth-order valence-electron chi connectivity index (χ4n) is 0.0408. The standard InChI is InChI=1S/C2H6O3/c3-1-5-2-4/h3-4H,1-2H2/p+1. The van der Waals surface area contributed by atoms with Gasteiger partial charge >= 0.3 is 1.43 Å². The largest absolute Gasteiger partial charge is 1.00 e. The predicted molar refractivity (Wildman–Crippen MR) is 16.4 cm³/mol. The smallest absolute Gasteiger partial charge is 0.371 e. The maximum Gasteiger partial charge on any atom is 1.00 e. The lowest BCUT2D eigenvalue weighted by molar-refractivity contribution is -0.0763. The van der Waals surface area contributed by atoms with Gasteiger partial charge in [-0.15, -0.1) is 0 Å². The van der Waals surface area contributed by atoms with Crippen molar-refractivity contribution in [3.63, 3.8) is 0 Å². The molecule has 0 aliphatic carbocycles. The second-order valence-electron chi connectivity index (χ2n) is 0.462. The summed E-state index contributed by atoms with van der Waals surface area (Å²) < 4.78 is 3.94. The van der Waals surface area contributed by atoms with Crippen molar-refractivity contribution in [2.24, 2.45) is 0 Å². The van der Waals surface area contributed by atoms with Crippen molar-refractivity contribution >= 4 is 0 Å². The van der Waals surface area contributed by atoms with E-state index in [0.717, 1.165) is 0 Å². The first-order valence-corrected chi connectivity index (χ1v) is 1.21. The van der Waals surface area contributed by atoms with Gasteiger partial charge in [-0.3, -0.25) is 0 Å². The normalized spacial score (nSPS) is 8.40. The van der Waals surface area contributed by atoms with Crippen LogP contribution in [0.15, 0.2) is 0 Å². The van der Waals surface area contributed by atoms with Gasteiger partial charge < -0.3 is 14.9 Å². The summed E-state index contributed by atoms with van der Waals surface area (Å²) in [7, 11) is 0. The molecule has 0 fully saturated rings. The average molecular weight is 79.1 g/mol. The summed E-state index contributed by atoms with van der Waals surface area (Å²) in [6.07, 6.45) is 0. The van der Waals surface area contributed by atoms with E-state index in [1.807, 2.05) is 0 Å². The second-order valence-corrected chi connectivity index (χ2v) is 0.462. The molecule has 0 aromatic rings. The summed E-state index contributed by atoms with van der Waals surface area (Å²) in [4.78, 5) is 0. The molecule has 32 valence electrons. The zero-order valence-electron chi connectivity index (χ0n) is 3.72. The molecule has 0 bridgehead atoms. The Morgan fingerprint density at radius 1 is 1.40 bits per heavy atom. The van der Waals surface area contributed by atoms with E-state index in [2.05, 4.69) is 4.74 Å². The van der Waals surface area contributed by atoms with Gasteiger partial charge in [0.25, 0.3) is 0 Å². The van der Waals surface area contributed by atoms with Crippen LogP contribution >= 0.6 is 0 Å². The summed E-state index contributed by atoms with van der Waals surface area (Å²) in [6.45, 7) is -0.812. The van der Waals surface area contributed by atoms with E-state index in [9.17, 15) is 0 Å². The highest BCUT2D eigenvalue weighted by Crippen LogP contribution is 1.56. The lowest BCUT2D eigenvalue weighted by atomic mass is 11.4. The fraction of sp³-hybridized carbons (Fsp3) is 1.00. The summed E-state index contributed by atoms with van der Waals surface area (Å²) in [6, 6.07) is 0. The summed E-state index contributed by atoms with van der Waals surface area (Å²) in [5.41, 5.74) is 0. The van der Waals surface area contributed by atoms with E-state index in [1.54, 1.807) is 0 Å². The Morgan fingerprint density at radius 2 is 1.80 bits per heavy atom. The lowest BCUT2D eigenvalue weighted by Gasteiger charge is -1.85. The molecule has 2 N–H and O–H groups in total. The maximum absolute atomic E-state index is 7.68. The van der Waals surface area contributed by atoms with Crippen molar-refractivity contribution in [2.45, 2.75) is 0 Å². The first kappa shape index (κ1) is 4.88. The first-order valence-electron chi connectivity index (χ1n) is 1.21. The lowest BCUT2D eigenvalue weighted by Crippen LogP contribution is -1.91. The maximum atomic E-state index is 7.68. The van der Waals surface area contributed by atoms with Crippen LogP contribution in [-0.4, -0.2) is 23.8 Å². The Balaban J connectivity index is 0. The highest BCUT2D eigenvalue weighted by Gasteiger charge is 1.65. The van der Waals surface area contributed by atoms with Gasteiger partial charge in [-0.2, -0.15) is 0 Å². The minimum atomic E-state index is -0.406. The molecule has 0 aliphatic heterocycles. The Morgan fingerprint density at radius 3 is 1.80 bits per heavy atom. The highest BCUT2D eigenvalue weighted by atomic mass is 16.6. The van der Waals surface area contributed by atoms with E-state index in [4.69, 9.17) is 10.2 Å². The van der Waals surface area contributed by atoms with Gasteiger partial charge in [-0.1, -0.05) is 0 Å². The van der Waals surface area contributed by atoms with E-state index >= 15 is 0 Å². The molecule has 0 saturated carbocycles. The molecule has 0 atom stereocenters. The topological polar surface area (TPSA) is 49.7 Å². The Hall–Kier alpha value is -0.120. The summed E-state index contributed by atoms with van der Waals surface area (Å²) in [5.74, 6) is 0. The Kier molecular flexibility index (Phi) is 3.79. The third-order valence-corrected chi connectivity index (χ3v) is 0.183. The van der Waals surface area contributed by atoms with Crippen LogP contribution in [0.3, 0.4) is 0 Å². The van der Waals surface area contributed by atoms with Crippen molar-refractivity contribution in [3.8, 4) is 0 Å². The van der Waals surface area contributed by atoms with E-state index in [1.165, 1.54) is 0 Å². The molecular formula is C2H7O3+. The predicted octanol–water partition coefficient (Wildman–Crippen LogP) is -0.985. The Bertz CT molecular complexity index is 16.3. The average Bonchev–Trinajstić information content (AvgIpc) is 1.41. The molecule has 0 amide bonds. The molecule has 0 saturated heterocycles. The van der Waals surface area contributed by atoms with Crippen LogP contribution in [0, 0.1) is 0 Å². The summed E-state index contributed by atoms with van der Waals surface area (Å²) >= 11 is 0. The summed E-state index contributed by atoms with van der Waals surface area (Å²) in [5, 5.41) is 15.4. The monoisotopic (exact) mass is 79.0 g/mol. The van der Waals surface area contributed by atoms with Gasteiger partial charge in [-0.25, -0.2) is 0 Å². The van der Waals surface area contributed by atoms with Crippen LogP contribution in [0.2, 0.25) is 0 Å². The molecule has 3 heteroatoms. The zero-order chi connectivity index (χ0) is 4.12. The molecule has 0 heterocycles. The Labute approximate surface area is 31.3 Å². The number of aliphatic hydroxyl groups is 2. The molecule has 0 aromatic carbocycles. The molecular weight excluding hydrogens is 72.0 g/mol. The highest BCUT2D eigenvalue weighted by molar-refractivity contribution is 3.82. The van der Waals surface area contributed by atoms with Crippen molar-refractivity contribution < 1.29 is 16.4 Å². The number of hydrogen-bond acceptors (Lipinski definition) is 3. The zero-order valence-corrected chi connectivity index (χ0v) is 2.72. The molecule has 0 unspecified atom stereocenters.